The van der Waals surface area contributed by atoms with Crippen LogP contribution in [-0.4, -0.2) is 57.5 Å². The summed E-state index contributed by atoms with van der Waals surface area (Å²) in [5, 5.41) is 18.0. The molecule has 4 rings (SSSR count). The van der Waals surface area contributed by atoms with E-state index in [2.05, 4.69) is 20.1 Å². The highest BCUT2D eigenvalue weighted by Gasteiger charge is 2.53. The Morgan fingerprint density at radius 2 is 2.05 bits per heavy atom. The molecule has 2 aromatic rings. The summed E-state index contributed by atoms with van der Waals surface area (Å²) < 4.78 is 0. The zero-order valence-corrected chi connectivity index (χ0v) is 11.3. The number of hydrogen-bond acceptors (Lipinski definition) is 4. The summed E-state index contributed by atoms with van der Waals surface area (Å²) in [6.45, 7) is 2.99. The number of halogens is 1. The Kier molecular flexibility index (Phi) is 2.21. The van der Waals surface area contributed by atoms with Gasteiger partial charge < -0.3 is 19.9 Å². The van der Waals surface area contributed by atoms with Gasteiger partial charge in [-0.1, -0.05) is 11.6 Å². The van der Waals surface area contributed by atoms with E-state index in [-0.39, 0.29) is 5.41 Å². The van der Waals surface area contributed by atoms with E-state index in [4.69, 9.17) is 16.7 Å². The minimum absolute atomic E-state index is 0.138. The number of aromatic nitrogens is 3. The maximum Gasteiger partial charge on any atom is 0.407 e. The van der Waals surface area contributed by atoms with Crippen LogP contribution in [0.4, 0.5) is 10.6 Å². The molecule has 8 heteroatoms. The normalized spacial score (nSPS) is 20.1. The number of nitrogens with zero attached hydrogens (tertiary/aromatic N) is 4. The smallest absolute Gasteiger partial charge is 0.407 e. The summed E-state index contributed by atoms with van der Waals surface area (Å²) in [4.78, 5) is 17.6. The van der Waals surface area contributed by atoms with E-state index in [1.165, 1.54) is 4.90 Å². The van der Waals surface area contributed by atoms with Crippen LogP contribution in [0.2, 0.25) is 5.15 Å². The van der Waals surface area contributed by atoms with Crippen molar-refractivity contribution in [1.82, 2.24) is 20.1 Å². The Hall–Kier alpha value is -2.02. The van der Waals surface area contributed by atoms with Crippen molar-refractivity contribution in [2.75, 3.05) is 31.1 Å². The Morgan fingerprint density at radius 1 is 1.30 bits per heavy atom. The molecule has 7 nitrogen and oxygen atoms in total. The van der Waals surface area contributed by atoms with Crippen molar-refractivity contribution >= 4 is 34.5 Å². The zero-order valence-electron chi connectivity index (χ0n) is 10.5. The molecule has 2 fully saturated rings. The van der Waals surface area contributed by atoms with E-state index in [0.717, 1.165) is 24.3 Å². The molecule has 4 heterocycles. The van der Waals surface area contributed by atoms with Crippen LogP contribution in [0.25, 0.3) is 11.0 Å². The molecule has 0 bridgehead atoms. The number of amides is 1. The van der Waals surface area contributed by atoms with Crippen molar-refractivity contribution in [3.63, 3.8) is 0 Å². The zero-order chi connectivity index (χ0) is 13.9. The van der Waals surface area contributed by atoms with Gasteiger partial charge in [0.2, 0.25) is 0 Å². The highest BCUT2D eigenvalue weighted by atomic mass is 35.5. The van der Waals surface area contributed by atoms with Crippen molar-refractivity contribution in [3.05, 3.63) is 17.3 Å². The topological polar surface area (TPSA) is 85.3 Å². The summed E-state index contributed by atoms with van der Waals surface area (Å²) in [7, 11) is 0. The van der Waals surface area contributed by atoms with Crippen LogP contribution >= 0.6 is 11.6 Å². The molecule has 0 radical (unpaired) electrons. The first-order chi connectivity index (χ1) is 9.55. The number of fused-ring (bicyclic) bond motifs is 1. The number of carboxylic acid groups (broad SMARTS) is 1. The van der Waals surface area contributed by atoms with Crippen LogP contribution in [0.15, 0.2) is 12.1 Å². The van der Waals surface area contributed by atoms with Crippen molar-refractivity contribution in [1.29, 1.82) is 0 Å². The van der Waals surface area contributed by atoms with Crippen LogP contribution in [0.5, 0.6) is 0 Å². The maximum absolute atomic E-state index is 10.8. The van der Waals surface area contributed by atoms with Gasteiger partial charge in [-0.25, -0.2) is 4.79 Å². The largest absolute Gasteiger partial charge is 0.465 e. The number of nitrogens with one attached hydrogen (secondary N) is 1. The molecule has 0 aliphatic carbocycles. The van der Waals surface area contributed by atoms with Gasteiger partial charge in [0.1, 0.15) is 5.82 Å². The van der Waals surface area contributed by atoms with Gasteiger partial charge in [-0.3, -0.25) is 0 Å². The molecule has 104 valence electrons. The predicted octanol–water partition coefficient (Wildman–Crippen LogP) is 1.41. The van der Waals surface area contributed by atoms with Crippen molar-refractivity contribution in [2.45, 2.75) is 0 Å². The minimum atomic E-state index is -0.829. The fourth-order valence-corrected chi connectivity index (χ4v) is 3.25. The summed E-state index contributed by atoms with van der Waals surface area (Å²) >= 11 is 5.82. The average molecular weight is 294 g/mol. The van der Waals surface area contributed by atoms with Gasteiger partial charge in [-0.15, -0.1) is 10.2 Å². The maximum atomic E-state index is 10.8. The molecule has 2 aliphatic rings. The monoisotopic (exact) mass is 293 g/mol. The van der Waals surface area contributed by atoms with Crippen molar-refractivity contribution in [3.8, 4) is 0 Å². The fraction of sp³-hybridized carbons (Fsp3) is 0.417. The first kappa shape index (κ1) is 11.8. The van der Waals surface area contributed by atoms with Gasteiger partial charge in [0.15, 0.2) is 10.8 Å². The Labute approximate surface area is 119 Å². The lowest BCUT2D eigenvalue weighted by Gasteiger charge is -2.59. The van der Waals surface area contributed by atoms with Crippen LogP contribution < -0.4 is 4.90 Å². The first-order valence-electron chi connectivity index (χ1n) is 6.29. The van der Waals surface area contributed by atoms with Crippen LogP contribution in [0, 0.1) is 5.41 Å². The minimum Gasteiger partial charge on any atom is -0.465 e. The van der Waals surface area contributed by atoms with Crippen LogP contribution in [0.3, 0.4) is 0 Å². The molecule has 0 aromatic carbocycles. The molecule has 1 amide bonds. The van der Waals surface area contributed by atoms with Crippen molar-refractivity contribution < 1.29 is 9.90 Å². The molecule has 0 unspecified atom stereocenters. The lowest BCUT2D eigenvalue weighted by molar-refractivity contribution is -0.00968. The number of anilines is 1. The third-order valence-electron chi connectivity index (χ3n) is 4.05. The summed E-state index contributed by atoms with van der Waals surface area (Å²) in [5.74, 6) is 0.982. The van der Waals surface area contributed by atoms with E-state index in [1.807, 2.05) is 6.07 Å². The Morgan fingerprint density at radius 3 is 2.75 bits per heavy atom. The number of H-pyrrole nitrogens is 1. The molecule has 0 saturated carbocycles. The van der Waals surface area contributed by atoms with Gasteiger partial charge in [-0.05, 0) is 12.1 Å². The van der Waals surface area contributed by atoms with E-state index in [1.54, 1.807) is 6.07 Å². The molecule has 2 aliphatic heterocycles. The Balaban J connectivity index is 1.49. The predicted molar refractivity (Wildman–Crippen MR) is 73.1 cm³/mol. The molecule has 2 aromatic heterocycles. The second kappa shape index (κ2) is 3.76. The summed E-state index contributed by atoms with van der Waals surface area (Å²) in [5.41, 5.74) is 0.852. The van der Waals surface area contributed by atoms with Crippen molar-refractivity contribution in [2.24, 2.45) is 5.41 Å². The number of aromatic amines is 1. The second-order valence-corrected chi connectivity index (χ2v) is 6.01. The number of hydrogen-bond donors (Lipinski definition) is 2. The van der Waals surface area contributed by atoms with Gasteiger partial charge in [-0.2, -0.15) is 0 Å². The van der Waals surface area contributed by atoms with E-state index in [9.17, 15) is 4.79 Å². The first-order valence-corrected chi connectivity index (χ1v) is 6.67. The number of carbonyl (C=O) groups is 1. The average Bonchev–Trinajstić information content (AvgIpc) is 2.67. The lowest BCUT2D eigenvalue weighted by atomic mass is 9.73. The Bertz CT molecular complexity index is 701. The van der Waals surface area contributed by atoms with Gasteiger partial charge in [0.05, 0.1) is 0 Å². The third kappa shape index (κ3) is 1.62. The summed E-state index contributed by atoms with van der Waals surface area (Å²) in [6, 6.07) is 3.77. The quantitative estimate of drug-likeness (QED) is 0.830. The highest BCUT2D eigenvalue weighted by Crippen LogP contribution is 2.42. The molecule has 0 atom stereocenters. The summed E-state index contributed by atoms with van der Waals surface area (Å²) in [6.07, 6.45) is -0.829. The van der Waals surface area contributed by atoms with Gasteiger partial charge in [0.25, 0.3) is 0 Å². The SMILES string of the molecule is O=C(O)N1CC2(C1)CN(c1cc3cc(Cl)nnc3[nH]1)C2. The fourth-order valence-electron chi connectivity index (χ4n) is 3.10. The van der Waals surface area contributed by atoms with Gasteiger partial charge in [0, 0.05) is 37.0 Å². The van der Waals surface area contributed by atoms with Crippen LogP contribution in [0.1, 0.15) is 0 Å². The van der Waals surface area contributed by atoms with Crippen LogP contribution in [-0.2, 0) is 0 Å². The molecule has 1 spiro atoms. The number of rotatable bonds is 1. The highest BCUT2D eigenvalue weighted by molar-refractivity contribution is 6.29. The number of likely N-dealkylation sites (tertiary alicyclic amines) is 1. The standard InChI is InChI=1S/C12H12ClN5O2/c13-8-1-7-2-9(14-10(7)16-15-8)17-3-12(4-17)5-18(6-12)11(19)20/h1-2H,3-6H2,(H,14,16)(H,19,20). The molecule has 20 heavy (non-hydrogen) atoms. The molecule has 2 N–H and O–H groups in total. The molecular weight excluding hydrogens is 282 g/mol. The van der Waals surface area contributed by atoms with E-state index < -0.39 is 6.09 Å². The molecular formula is C12H12ClN5O2. The third-order valence-corrected chi connectivity index (χ3v) is 4.23. The molecule has 2 saturated heterocycles. The second-order valence-electron chi connectivity index (χ2n) is 5.62. The lowest BCUT2D eigenvalue weighted by Crippen LogP contribution is -2.73. The van der Waals surface area contributed by atoms with E-state index in [0.29, 0.717) is 23.9 Å². The van der Waals surface area contributed by atoms with E-state index >= 15 is 0 Å². The van der Waals surface area contributed by atoms with Gasteiger partial charge >= 0.3 is 6.09 Å².